The molecule has 106 valence electrons. The second-order valence-electron chi connectivity index (χ2n) is 4.98. The van der Waals surface area contributed by atoms with Gasteiger partial charge < -0.3 is 10.1 Å². The Morgan fingerprint density at radius 2 is 2.30 bits per heavy atom. The van der Waals surface area contributed by atoms with E-state index in [9.17, 15) is 0 Å². The van der Waals surface area contributed by atoms with Gasteiger partial charge in [0.15, 0.2) is 5.82 Å². The molecule has 5 heteroatoms. The minimum absolute atomic E-state index is 0.616. The Labute approximate surface area is 123 Å². The molecule has 1 N–H and O–H groups in total. The maximum Gasteiger partial charge on any atom is 0.172 e. The summed E-state index contributed by atoms with van der Waals surface area (Å²) in [6.45, 7) is 6.55. The lowest BCUT2D eigenvalue weighted by Crippen LogP contribution is -2.17. The van der Waals surface area contributed by atoms with Crippen molar-refractivity contribution in [1.29, 1.82) is 0 Å². The van der Waals surface area contributed by atoms with Crippen LogP contribution in [0.5, 0.6) is 0 Å². The van der Waals surface area contributed by atoms with E-state index in [1.165, 1.54) is 10.4 Å². The van der Waals surface area contributed by atoms with Gasteiger partial charge in [-0.2, -0.15) is 0 Å². The van der Waals surface area contributed by atoms with Crippen molar-refractivity contribution in [3.63, 3.8) is 0 Å². The van der Waals surface area contributed by atoms with E-state index in [0.29, 0.717) is 6.61 Å². The van der Waals surface area contributed by atoms with Crippen LogP contribution in [0.1, 0.15) is 30.2 Å². The minimum Gasteiger partial charge on any atom is -0.376 e. The van der Waals surface area contributed by atoms with Crippen molar-refractivity contribution in [2.45, 2.75) is 33.3 Å². The quantitative estimate of drug-likeness (QED) is 0.937. The zero-order valence-corrected chi connectivity index (χ0v) is 12.7. The number of nitrogens with one attached hydrogen (secondary N) is 1. The first-order chi connectivity index (χ1) is 9.79. The van der Waals surface area contributed by atoms with E-state index in [0.717, 1.165) is 48.9 Å². The lowest BCUT2D eigenvalue weighted by atomic mass is 10.1. The van der Waals surface area contributed by atoms with Crippen LogP contribution < -0.4 is 5.32 Å². The smallest absolute Gasteiger partial charge is 0.172 e. The molecule has 0 atom stereocenters. The Bertz CT molecular complexity index is 609. The van der Waals surface area contributed by atoms with Gasteiger partial charge in [0, 0.05) is 18.5 Å². The highest BCUT2D eigenvalue weighted by molar-refractivity contribution is 7.13. The minimum atomic E-state index is 0.616. The Morgan fingerprint density at radius 1 is 1.40 bits per heavy atom. The van der Waals surface area contributed by atoms with Gasteiger partial charge in [-0.25, -0.2) is 9.97 Å². The molecular weight excluding hydrogens is 270 g/mol. The Hall–Kier alpha value is -1.46. The predicted octanol–water partition coefficient (Wildman–Crippen LogP) is 3.41. The summed E-state index contributed by atoms with van der Waals surface area (Å²) in [7, 11) is 0. The van der Waals surface area contributed by atoms with Gasteiger partial charge in [-0.1, -0.05) is 6.92 Å². The number of hydrogen-bond donors (Lipinski definition) is 1. The number of anilines is 1. The van der Waals surface area contributed by atoms with E-state index < -0.39 is 0 Å². The fourth-order valence-corrected chi connectivity index (χ4v) is 3.18. The SMILES string of the molecule is CCCNc1nc(-c2sccc2C)nc2c1COCC2. The topological polar surface area (TPSA) is 47.0 Å². The van der Waals surface area contributed by atoms with Crippen molar-refractivity contribution >= 4 is 17.2 Å². The molecule has 0 bridgehead atoms. The van der Waals surface area contributed by atoms with Crippen LogP contribution in [0.2, 0.25) is 0 Å². The van der Waals surface area contributed by atoms with Gasteiger partial charge in [-0.3, -0.25) is 0 Å². The third kappa shape index (κ3) is 2.55. The summed E-state index contributed by atoms with van der Waals surface area (Å²) >= 11 is 1.70. The molecule has 0 radical (unpaired) electrons. The molecule has 3 rings (SSSR count). The highest BCUT2D eigenvalue weighted by Gasteiger charge is 2.19. The highest BCUT2D eigenvalue weighted by atomic mass is 32.1. The molecule has 20 heavy (non-hydrogen) atoms. The number of ether oxygens (including phenoxy) is 1. The summed E-state index contributed by atoms with van der Waals surface area (Å²) < 4.78 is 5.55. The Morgan fingerprint density at radius 3 is 3.05 bits per heavy atom. The monoisotopic (exact) mass is 289 g/mol. The van der Waals surface area contributed by atoms with Gasteiger partial charge in [-0.05, 0) is 30.4 Å². The summed E-state index contributed by atoms with van der Waals surface area (Å²) in [4.78, 5) is 10.7. The molecule has 0 aromatic carbocycles. The normalized spacial score (nSPS) is 14.1. The number of hydrogen-bond acceptors (Lipinski definition) is 5. The van der Waals surface area contributed by atoms with E-state index in [4.69, 9.17) is 14.7 Å². The van der Waals surface area contributed by atoms with Gasteiger partial charge >= 0.3 is 0 Å². The van der Waals surface area contributed by atoms with Gasteiger partial charge in [0.2, 0.25) is 0 Å². The zero-order valence-electron chi connectivity index (χ0n) is 11.9. The van der Waals surface area contributed by atoms with E-state index in [-0.39, 0.29) is 0 Å². The number of thiophene rings is 1. The van der Waals surface area contributed by atoms with E-state index in [1.807, 2.05) is 0 Å². The second kappa shape index (κ2) is 5.89. The molecule has 0 unspecified atom stereocenters. The first-order valence-electron chi connectivity index (χ1n) is 7.05. The molecule has 1 aliphatic rings. The van der Waals surface area contributed by atoms with Crippen molar-refractivity contribution < 1.29 is 4.74 Å². The number of fused-ring (bicyclic) bond motifs is 1. The summed E-state index contributed by atoms with van der Waals surface area (Å²) in [5.41, 5.74) is 3.50. The van der Waals surface area contributed by atoms with Crippen LogP contribution in [0.3, 0.4) is 0 Å². The zero-order chi connectivity index (χ0) is 13.9. The first kappa shape index (κ1) is 13.5. The molecule has 0 fully saturated rings. The molecular formula is C15H19N3OS. The van der Waals surface area contributed by atoms with Gasteiger partial charge in [0.1, 0.15) is 5.82 Å². The molecule has 2 aromatic rings. The average molecular weight is 289 g/mol. The fourth-order valence-electron chi connectivity index (χ4n) is 2.32. The standard InChI is InChI=1S/C15H19N3OS/c1-3-6-16-14-11-9-19-7-4-12(11)17-15(18-14)13-10(2)5-8-20-13/h5,8H,3-4,6-7,9H2,1-2H3,(H,16,17,18). The maximum atomic E-state index is 5.55. The van der Waals surface area contributed by atoms with Crippen molar-refractivity contribution in [2.75, 3.05) is 18.5 Å². The Balaban J connectivity index is 2.05. The fraction of sp³-hybridized carbons (Fsp3) is 0.467. The van der Waals surface area contributed by atoms with Crippen molar-refractivity contribution in [2.24, 2.45) is 0 Å². The van der Waals surface area contributed by atoms with Crippen LogP contribution in [0, 0.1) is 6.92 Å². The van der Waals surface area contributed by atoms with Gasteiger partial charge in [0.05, 0.1) is 23.8 Å². The van der Waals surface area contributed by atoms with Gasteiger partial charge in [0.25, 0.3) is 0 Å². The van der Waals surface area contributed by atoms with Crippen LogP contribution >= 0.6 is 11.3 Å². The largest absolute Gasteiger partial charge is 0.376 e. The maximum absolute atomic E-state index is 5.55. The van der Waals surface area contributed by atoms with Crippen LogP contribution in [-0.4, -0.2) is 23.1 Å². The number of nitrogens with zero attached hydrogens (tertiary/aromatic N) is 2. The lowest BCUT2D eigenvalue weighted by Gasteiger charge is -2.20. The van der Waals surface area contributed by atoms with Crippen LogP contribution in [0.4, 0.5) is 5.82 Å². The number of rotatable bonds is 4. The molecule has 1 aliphatic heterocycles. The first-order valence-corrected chi connectivity index (χ1v) is 7.93. The number of aromatic nitrogens is 2. The Kier molecular flexibility index (Phi) is 3.98. The molecule has 0 aliphatic carbocycles. The molecule has 0 amide bonds. The van der Waals surface area contributed by atoms with Gasteiger partial charge in [-0.15, -0.1) is 11.3 Å². The van der Waals surface area contributed by atoms with Crippen LogP contribution in [-0.2, 0) is 17.8 Å². The third-order valence-corrected chi connectivity index (χ3v) is 4.44. The van der Waals surface area contributed by atoms with E-state index >= 15 is 0 Å². The predicted molar refractivity (Wildman–Crippen MR) is 82.2 cm³/mol. The summed E-state index contributed by atoms with van der Waals surface area (Å²) in [6, 6.07) is 2.12. The summed E-state index contributed by atoms with van der Waals surface area (Å²) in [5.74, 6) is 1.79. The second-order valence-corrected chi connectivity index (χ2v) is 5.90. The van der Waals surface area contributed by atoms with Crippen molar-refractivity contribution in [1.82, 2.24) is 9.97 Å². The third-order valence-electron chi connectivity index (χ3n) is 3.43. The van der Waals surface area contributed by atoms with Crippen LogP contribution in [0.25, 0.3) is 10.7 Å². The summed E-state index contributed by atoms with van der Waals surface area (Å²) in [6.07, 6.45) is 1.95. The molecule has 4 nitrogen and oxygen atoms in total. The summed E-state index contributed by atoms with van der Waals surface area (Å²) in [5, 5.41) is 5.51. The molecule has 3 heterocycles. The van der Waals surface area contributed by atoms with E-state index in [1.54, 1.807) is 11.3 Å². The van der Waals surface area contributed by atoms with Crippen molar-refractivity contribution in [3.8, 4) is 10.7 Å². The highest BCUT2D eigenvalue weighted by Crippen LogP contribution is 2.30. The molecule has 0 saturated carbocycles. The van der Waals surface area contributed by atoms with Crippen LogP contribution in [0.15, 0.2) is 11.4 Å². The lowest BCUT2D eigenvalue weighted by molar-refractivity contribution is 0.109. The van der Waals surface area contributed by atoms with Crippen molar-refractivity contribution in [3.05, 3.63) is 28.3 Å². The number of aryl methyl sites for hydroxylation is 1. The molecule has 2 aromatic heterocycles. The molecule has 0 saturated heterocycles. The van der Waals surface area contributed by atoms with E-state index in [2.05, 4.69) is 30.6 Å². The molecule has 0 spiro atoms. The average Bonchev–Trinajstić information content (AvgIpc) is 2.90.